The number of halogens is 1. The Kier molecular flexibility index (Phi) is 6.58. The largest absolute Gasteiger partial charge is 0.381 e. The smallest absolute Gasteiger partial charge is 0.240 e. The highest BCUT2D eigenvalue weighted by atomic mass is 35.5. The number of benzene rings is 1. The van der Waals surface area contributed by atoms with Gasteiger partial charge in [0.25, 0.3) is 0 Å². The number of rotatable bonds is 6. The van der Waals surface area contributed by atoms with Crippen LogP contribution in [0.1, 0.15) is 32.3 Å². The number of fused-ring (bicyclic) bond motifs is 1. The van der Waals surface area contributed by atoms with E-state index >= 15 is 0 Å². The number of morpholine rings is 1. The quantitative estimate of drug-likeness (QED) is 0.721. The van der Waals surface area contributed by atoms with E-state index in [1.54, 1.807) is 11.0 Å². The van der Waals surface area contributed by atoms with Crippen molar-refractivity contribution in [2.24, 2.45) is 5.41 Å². The molecule has 2 saturated heterocycles. The Labute approximate surface area is 189 Å². The first kappa shape index (κ1) is 22.5. The Hall–Kier alpha value is -1.67. The van der Waals surface area contributed by atoms with Crippen LogP contribution in [0.25, 0.3) is 0 Å². The predicted octanol–water partition coefficient (Wildman–Crippen LogP) is 2.21. The number of anilines is 1. The molecule has 1 aromatic carbocycles. The zero-order chi connectivity index (χ0) is 22.1. The number of nitrogens with one attached hydrogen (secondary N) is 1. The molecule has 0 spiro atoms. The molecule has 2 fully saturated rings. The second-order valence-electron chi connectivity index (χ2n) is 9.46. The number of amides is 2. The maximum Gasteiger partial charge on any atom is 0.240 e. The molecular weight excluding hydrogens is 418 g/mol. The fraction of sp³-hybridized carbons (Fsp3) is 0.652. The zero-order valence-electron chi connectivity index (χ0n) is 18.4. The fourth-order valence-electron chi connectivity index (χ4n) is 4.88. The van der Waals surface area contributed by atoms with Crippen LogP contribution in [0.15, 0.2) is 18.2 Å². The Morgan fingerprint density at radius 3 is 2.52 bits per heavy atom. The van der Waals surface area contributed by atoms with E-state index < -0.39 is 5.41 Å². The highest BCUT2D eigenvalue weighted by Crippen LogP contribution is 2.42. The number of ether oxygens (including phenoxy) is 2. The van der Waals surface area contributed by atoms with Gasteiger partial charge in [0.2, 0.25) is 11.8 Å². The number of carbonyl (C=O) groups is 2. The first-order valence-electron chi connectivity index (χ1n) is 11.1. The molecule has 2 amide bonds. The Morgan fingerprint density at radius 2 is 1.81 bits per heavy atom. The molecule has 7 nitrogen and oxygen atoms in total. The van der Waals surface area contributed by atoms with E-state index in [1.807, 2.05) is 26.0 Å². The van der Waals surface area contributed by atoms with Crippen molar-refractivity contribution in [1.29, 1.82) is 0 Å². The normalized spacial score (nSPS) is 22.9. The van der Waals surface area contributed by atoms with Gasteiger partial charge in [0.05, 0.1) is 18.6 Å². The summed E-state index contributed by atoms with van der Waals surface area (Å²) in [6, 6.07) is 5.42. The van der Waals surface area contributed by atoms with Crippen LogP contribution < -0.4 is 10.2 Å². The predicted molar refractivity (Wildman–Crippen MR) is 120 cm³/mol. The second kappa shape index (κ2) is 9.06. The van der Waals surface area contributed by atoms with E-state index in [2.05, 4.69) is 10.2 Å². The summed E-state index contributed by atoms with van der Waals surface area (Å²) in [4.78, 5) is 30.0. The lowest BCUT2D eigenvalue weighted by atomic mass is 9.79. The third-order valence-corrected chi connectivity index (χ3v) is 7.12. The molecule has 0 bridgehead atoms. The molecule has 8 heteroatoms. The molecule has 3 aliphatic rings. The lowest BCUT2D eigenvalue weighted by Gasteiger charge is -2.42. The molecule has 1 N–H and O–H groups in total. The summed E-state index contributed by atoms with van der Waals surface area (Å²) >= 11 is 6.15. The van der Waals surface area contributed by atoms with Crippen molar-refractivity contribution in [2.75, 3.05) is 64.1 Å². The molecule has 0 aliphatic carbocycles. The third-order valence-electron chi connectivity index (χ3n) is 6.88. The van der Waals surface area contributed by atoms with Gasteiger partial charge in [-0.25, -0.2) is 0 Å². The molecule has 4 rings (SSSR count). The summed E-state index contributed by atoms with van der Waals surface area (Å²) < 4.78 is 11.1. The summed E-state index contributed by atoms with van der Waals surface area (Å²) in [5, 5.41) is 3.72. The molecule has 0 saturated carbocycles. The lowest BCUT2D eigenvalue weighted by Crippen LogP contribution is -2.52. The number of carbonyl (C=O) groups excluding carboxylic acids is 2. The molecule has 0 unspecified atom stereocenters. The van der Waals surface area contributed by atoms with Crippen LogP contribution in [0.3, 0.4) is 0 Å². The van der Waals surface area contributed by atoms with Crippen molar-refractivity contribution in [1.82, 2.24) is 10.2 Å². The van der Waals surface area contributed by atoms with Gasteiger partial charge in [0.15, 0.2) is 0 Å². The van der Waals surface area contributed by atoms with Gasteiger partial charge >= 0.3 is 0 Å². The summed E-state index contributed by atoms with van der Waals surface area (Å²) in [6.45, 7) is 10.1. The van der Waals surface area contributed by atoms with Gasteiger partial charge in [0, 0.05) is 55.5 Å². The highest BCUT2D eigenvalue weighted by molar-refractivity contribution is 6.31. The summed E-state index contributed by atoms with van der Waals surface area (Å²) in [6.07, 6.45) is 1.84. The van der Waals surface area contributed by atoms with Crippen molar-refractivity contribution in [3.63, 3.8) is 0 Å². The average Bonchev–Trinajstić information content (AvgIpc) is 2.94. The Morgan fingerprint density at radius 1 is 1.13 bits per heavy atom. The Bertz CT molecular complexity index is 832. The number of hydrogen-bond donors (Lipinski definition) is 1. The first-order chi connectivity index (χ1) is 14.8. The van der Waals surface area contributed by atoms with Crippen molar-refractivity contribution in [3.05, 3.63) is 28.8 Å². The van der Waals surface area contributed by atoms with Crippen LogP contribution in [0.4, 0.5) is 5.69 Å². The third kappa shape index (κ3) is 4.75. The second-order valence-corrected chi connectivity index (χ2v) is 9.89. The number of hydrogen-bond acceptors (Lipinski definition) is 5. The van der Waals surface area contributed by atoms with Crippen LogP contribution in [0.2, 0.25) is 5.02 Å². The molecule has 0 radical (unpaired) electrons. The van der Waals surface area contributed by atoms with Crippen molar-refractivity contribution < 1.29 is 19.1 Å². The molecule has 3 heterocycles. The minimum absolute atomic E-state index is 0.00896. The van der Waals surface area contributed by atoms with E-state index in [9.17, 15) is 9.59 Å². The van der Waals surface area contributed by atoms with Gasteiger partial charge in [-0.15, -0.1) is 0 Å². The molecule has 0 atom stereocenters. The lowest BCUT2D eigenvalue weighted by molar-refractivity contribution is -0.126. The van der Waals surface area contributed by atoms with E-state index in [0.29, 0.717) is 24.8 Å². The van der Waals surface area contributed by atoms with Crippen LogP contribution >= 0.6 is 11.6 Å². The topological polar surface area (TPSA) is 71.1 Å². The van der Waals surface area contributed by atoms with Gasteiger partial charge in [-0.3, -0.25) is 14.5 Å². The van der Waals surface area contributed by atoms with Crippen molar-refractivity contribution in [2.45, 2.75) is 32.1 Å². The summed E-state index contributed by atoms with van der Waals surface area (Å²) in [7, 11) is 0. The van der Waals surface area contributed by atoms with Crippen LogP contribution in [-0.4, -0.2) is 75.9 Å². The minimum Gasteiger partial charge on any atom is -0.381 e. The van der Waals surface area contributed by atoms with E-state index in [-0.39, 0.29) is 23.8 Å². The van der Waals surface area contributed by atoms with Gasteiger partial charge in [-0.05, 0) is 50.5 Å². The van der Waals surface area contributed by atoms with Crippen LogP contribution in [0, 0.1) is 5.41 Å². The zero-order valence-corrected chi connectivity index (χ0v) is 19.2. The molecule has 0 aromatic heterocycles. The van der Waals surface area contributed by atoms with E-state index in [1.165, 1.54) is 0 Å². The molecule has 31 heavy (non-hydrogen) atoms. The first-order valence-corrected chi connectivity index (χ1v) is 11.5. The molecule has 1 aromatic rings. The fourth-order valence-corrected chi connectivity index (χ4v) is 5.05. The number of nitrogens with zero attached hydrogens (tertiary/aromatic N) is 2. The van der Waals surface area contributed by atoms with Gasteiger partial charge in [0.1, 0.15) is 6.54 Å². The minimum atomic E-state index is -0.696. The standard InChI is InChI=1S/C23H32ClN3O4/c1-22(2)18-13-17(24)3-4-19(18)27(21(22)29)14-20(28)25-15-23(5-9-30-10-6-23)16-26-7-11-31-12-8-26/h3-4,13H,5-12,14-16H2,1-2H3,(H,25,28). The van der Waals surface area contributed by atoms with Crippen LogP contribution in [-0.2, 0) is 24.5 Å². The van der Waals surface area contributed by atoms with Crippen molar-refractivity contribution >= 4 is 29.1 Å². The SMILES string of the molecule is CC1(C)C(=O)N(CC(=O)NCC2(CN3CCOCC3)CCOCC2)c2ccc(Cl)cc21. The maximum absolute atomic E-state index is 13.0. The van der Waals surface area contributed by atoms with Crippen LogP contribution in [0.5, 0.6) is 0 Å². The monoisotopic (exact) mass is 449 g/mol. The Balaban J connectivity index is 1.41. The van der Waals surface area contributed by atoms with E-state index in [4.69, 9.17) is 21.1 Å². The highest BCUT2D eigenvalue weighted by Gasteiger charge is 2.44. The molecular formula is C23H32ClN3O4. The molecule has 3 aliphatic heterocycles. The van der Waals surface area contributed by atoms with Gasteiger partial charge in [-0.2, -0.15) is 0 Å². The van der Waals surface area contributed by atoms with Gasteiger partial charge in [-0.1, -0.05) is 11.6 Å². The van der Waals surface area contributed by atoms with E-state index in [0.717, 1.165) is 56.9 Å². The van der Waals surface area contributed by atoms with Crippen molar-refractivity contribution in [3.8, 4) is 0 Å². The average molecular weight is 450 g/mol. The maximum atomic E-state index is 13.0. The summed E-state index contributed by atoms with van der Waals surface area (Å²) in [5.41, 5.74) is 0.929. The summed E-state index contributed by atoms with van der Waals surface area (Å²) in [5.74, 6) is -0.214. The molecule has 170 valence electrons. The van der Waals surface area contributed by atoms with Gasteiger partial charge < -0.3 is 19.7 Å².